The van der Waals surface area contributed by atoms with Crippen LogP contribution in [0, 0.1) is 0 Å². The number of carbonyl (C=O) groups excluding carboxylic acids is 2. The maximum atomic E-state index is 11.6. The third-order valence-corrected chi connectivity index (χ3v) is 3.50. The topological polar surface area (TPSA) is 59.8 Å². The van der Waals surface area contributed by atoms with E-state index in [0.717, 1.165) is 0 Å². The summed E-state index contributed by atoms with van der Waals surface area (Å²) in [5.74, 6) is 0.548. The summed E-state index contributed by atoms with van der Waals surface area (Å²) in [5, 5.41) is -0.221. The molecule has 0 bridgehead atoms. The number of ether oxygens (including phenoxy) is 1. The second kappa shape index (κ2) is 4.61. The van der Waals surface area contributed by atoms with E-state index >= 15 is 0 Å². The first-order valence-corrected chi connectivity index (χ1v) is 5.78. The highest BCUT2D eigenvalue weighted by Gasteiger charge is 2.35. The molecule has 1 atom stereocenters. The third-order valence-electron chi connectivity index (χ3n) is 2.28. The molecule has 0 radical (unpaired) electrons. The van der Waals surface area contributed by atoms with Crippen molar-refractivity contribution in [3.63, 3.8) is 0 Å². The quantitative estimate of drug-likeness (QED) is 0.740. The second-order valence-electron chi connectivity index (χ2n) is 3.28. The minimum atomic E-state index is -0.424. The molecule has 0 spiro atoms. The molecule has 1 saturated heterocycles. The fourth-order valence-electron chi connectivity index (χ4n) is 1.50. The molecule has 0 N–H and O–H groups in total. The summed E-state index contributed by atoms with van der Waals surface area (Å²) in [5.41, 5.74) is 0. The molecule has 0 saturated carbocycles. The number of furan rings is 1. The SMILES string of the molecule is COC(=O)CN1C(=O)CS[C@H]1c1ccco1. The first-order valence-electron chi connectivity index (χ1n) is 4.73. The zero-order valence-electron chi connectivity index (χ0n) is 8.71. The molecular weight excluding hydrogens is 230 g/mol. The Morgan fingerprint density at radius 1 is 1.75 bits per heavy atom. The summed E-state index contributed by atoms with van der Waals surface area (Å²) in [6, 6.07) is 3.55. The maximum absolute atomic E-state index is 11.6. The van der Waals surface area contributed by atoms with Crippen molar-refractivity contribution in [2.75, 3.05) is 19.4 Å². The van der Waals surface area contributed by atoms with Gasteiger partial charge in [-0.2, -0.15) is 0 Å². The lowest BCUT2D eigenvalue weighted by Gasteiger charge is -2.20. The van der Waals surface area contributed by atoms with Gasteiger partial charge < -0.3 is 14.1 Å². The van der Waals surface area contributed by atoms with Gasteiger partial charge in [-0.3, -0.25) is 9.59 Å². The van der Waals surface area contributed by atoms with Crippen molar-refractivity contribution >= 4 is 23.6 Å². The number of carbonyl (C=O) groups is 2. The number of nitrogens with zero attached hydrogens (tertiary/aromatic N) is 1. The van der Waals surface area contributed by atoms with Gasteiger partial charge in [0, 0.05) is 0 Å². The van der Waals surface area contributed by atoms with Crippen LogP contribution in [0.25, 0.3) is 0 Å². The van der Waals surface area contributed by atoms with Gasteiger partial charge in [0.1, 0.15) is 17.7 Å². The fourth-order valence-corrected chi connectivity index (χ4v) is 2.63. The van der Waals surface area contributed by atoms with Crippen LogP contribution >= 0.6 is 11.8 Å². The molecule has 1 aromatic heterocycles. The summed E-state index contributed by atoms with van der Waals surface area (Å²) in [4.78, 5) is 24.2. The number of hydrogen-bond donors (Lipinski definition) is 0. The van der Waals surface area contributed by atoms with Crippen LogP contribution in [0.4, 0.5) is 0 Å². The Morgan fingerprint density at radius 2 is 2.56 bits per heavy atom. The first-order chi connectivity index (χ1) is 7.72. The molecular formula is C10H11NO4S. The predicted molar refractivity (Wildman–Crippen MR) is 57.6 cm³/mol. The number of rotatable bonds is 3. The van der Waals surface area contributed by atoms with Crippen LogP contribution in [0.5, 0.6) is 0 Å². The average molecular weight is 241 g/mol. The van der Waals surface area contributed by atoms with E-state index in [2.05, 4.69) is 4.74 Å². The van der Waals surface area contributed by atoms with E-state index in [1.54, 1.807) is 18.4 Å². The standard InChI is InChI=1S/C10H11NO4S/c1-14-9(13)5-11-8(12)6-16-10(11)7-3-2-4-15-7/h2-4,10H,5-6H2,1H3/t10-/m0/s1. The molecule has 16 heavy (non-hydrogen) atoms. The van der Waals surface area contributed by atoms with Crippen LogP contribution in [0.3, 0.4) is 0 Å². The summed E-state index contributed by atoms with van der Waals surface area (Å²) in [6.45, 7) is -0.0340. The zero-order valence-corrected chi connectivity index (χ0v) is 9.53. The second-order valence-corrected chi connectivity index (χ2v) is 4.35. The van der Waals surface area contributed by atoms with Crippen LogP contribution in [0.2, 0.25) is 0 Å². The highest BCUT2D eigenvalue weighted by Crippen LogP contribution is 2.38. The number of hydrogen-bond acceptors (Lipinski definition) is 5. The minimum absolute atomic E-state index is 0.0340. The molecule has 1 amide bonds. The van der Waals surface area contributed by atoms with Crippen molar-refractivity contribution in [2.24, 2.45) is 0 Å². The third kappa shape index (κ3) is 2.06. The van der Waals surface area contributed by atoms with Gasteiger partial charge in [0.15, 0.2) is 0 Å². The van der Waals surface area contributed by atoms with E-state index in [0.29, 0.717) is 11.5 Å². The summed E-state index contributed by atoms with van der Waals surface area (Å²) >= 11 is 1.44. The zero-order chi connectivity index (χ0) is 11.5. The average Bonchev–Trinajstić information content (AvgIpc) is 2.89. The van der Waals surface area contributed by atoms with E-state index < -0.39 is 5.97 Å². The van der Waals surface area contributed by atoms with Crippen LogP contribution < -0.4 is 0 Å². The molecule has 86 valence electrons. The van der Waals surface area contributed by atoms with Gasteiger partial charge in [-0.15, -0.1) is 11.8 Å². The predicted octanol–water partition coefficient (Wildman–Crippen LogP) is 1.03. The number of methoxy groups -OCH3 is 1. The first kappa shape index (κ1) is 11.1. The fraction of sp³-hybridized carbons (Fsp3) is 0.400. The maximum Gasteiger partial charge on any atom is 0.325 e. The van der Waals surface area contributed by atoms with Crippen molar-refractivity contribution in [2.45, 2.75) is 5.37 Å². The molecule has 1 fully saturated rings. The summed E-state index contributed by atoms with van der Waals surface area (Å²) in [7, 11) is 1.30. The molecule has 2 rings (SSSR count). The van der Waals surface area contributed by atoms with E-state index in [-0.39, 0.29) is 17.8 Å². The molecule has 0 aromatic carbocycles. The van der Waals surface area contributed by atoms with Crippen molar-refractivity contribution in [1.82, 2.24) is 4.90 Å². The Bertz CT molecular complexity index is 390. The van der Waals surface area contributed by atoms with Crippen molar-refractivity contribution in [3.8, 4) is 0 Å². The van der Waals surface area contributed by atoms with Gasteiger partial charge in [-0.25, -0.2) is 0 Å². The highest BCUT2D eigenvalue weighted by molar-refractivity contribution is 8.00. The van der Waals surface area contributed by atoms with E-state index in [4.69, 9.17) is 4.42 Å². The van der Waals surface area contributed by atoms with Crippen molar-refractivity contribution in [1.29, 1.82) is 0 Å². The molecule has 1 aromatic rings. The Kier molecular flexibility index (Phi) is 3.19. The lowest BCUT2D eigenvalue weighted by Crippen LogP contribution is -2.33. The normalized spacial score (nSPS) is 20.2. The van der Waals surface area contributed by atoms with Gasteiger partial charge in [0.05, 0.1) is 19.1 Å². The smallest absolute Gasteiger partial charge is 0.325 e. The van der Waals surface area contributed by atoms with Gasteiger partial charge in [-0.05, 0) is 12.1 Å². The molecule has 1 aliphatic heterocycles. The molecule has 1 aliphatic rings. The molecule has 0 aliphatic carbocycles. The number of esters is 1. The lowest BCUT2D eigenvalue weighted by molar-refractivity contribution is -0.146. The van der Waals surface area contributed by atoms with E-state index in [1.165, 1.54) is 23.8 Å². The van der Waals surface area contributed by atoms with Crippen molar-refractivity contribution < 1.29 is 18.7 Å². The van der Waals surface area contributed by atoms with Gasteiger partial charge >= 0.3 is 5.97 Å². The Morgan fingerprint density at radius 3 is 3.19 bits per heavy atom. The molecule has 2 heterocycles. The number of thioether (sulfide) groups is 1. The Hall–Kier alpha value is -1.43. The van der Waals surface area contributed by atoms with Crippen LogP contribution in [0.15, 0.2) is 22.8 Å². The van der Waals surface area contributed by atoms with Gasteiger partial charge in [0.25, 0.3) is 0 Å². The highest BCUT2D eigenvalue weighted by atomic mass is 32.2. The number of amides is 1. The molecule has 6 heteroatoms. The van der Waals surface area contributed by atoms with Crippen LogP contribution in [0.1, 0.15) is 11.1 Å². The summed E-state index contributed by atoms with van der Waals surface area (Å²) in [6.07, 6.45) is 1.55. The van der Waals surface area contributed by atoms with E-state index in [9.17, 15) is 9.59 Å². The minimum Gasteiger partial charge on any atom is -0.468 e. The monoisotopic (exact) mass is 241 g/mol. The Labute approximate surface area is 96.7 Å². The largest absolute Gasteiger partial charge is 0.468 e. The van der Waals surface area contributed by atoms with Crippen LogP contribution in [-0.4, -0.2) is 36.2 Å². The Balaban J connectivity index is 2.13. The van der Waals surface area contributed by atoms with Crippen molar-refractivity contribution in [3.05, 3.63) is 24.2 Å². The molecule has 0 unspecified atom stereocenters. The van der Waals surface area contributed by atoms with Gasteiger partial charge in [-0.1, -0.05) is 0 Å². The summed E-state index contributed by atoms with van der Waals surface area (Å²) < 4.78 is 9.80. The van der Waals surface area contributed by atoms with E-state index in [1.807, 2.05) is 0 Å². The molecule has 5 nitrogen and oxygen atoms in total. The van der Waals surface area contributed by atoms with Gasteiger partial charge in [0.2, 0.25) is 5.91 Å². The lowest BCUT2D eigenvalue weighted by atomic mass is 10.3. The van der Waals surface area contributed by atoms with Crippen LogP contribution in [-0.2, 0) is 14.3 Å².